The van der Waals surface area contributed by atoms with E-state index in [4.69, 9.17) is 4.74 Å². The van der Waals surface area contributed by atoms with Crippen LogP contribution in [0.4, 0.5) is 0 Å². The minimum Gasteiger partial charge on any atom is -0.465 e. The van der Waals surface area contributed by atoms with Gasteiger partial charge in [-0.1, -0.05) is 36.5 Å². The molecule has 98 valence electrons. The highest BCUT2D eigenvalue weighted by molar-refractivity contribution is 6.09. The summed E-state index contributed by atoms with van der Waals surface area (Å²) in [6, 6.07) is 2.10. The highest BCUT2D eigenvalue weighted by Gasteiger charge is 2.54. The zero-order valence-electron chi connectivity index (χ0n) is 10.8. The van der Waals surface area contributed by atoms with Crippen molar-refractivity contribution < 1.29 is 14.3 Å². The van der Waals surface area contributed by atoms with Crippen molar-refractivity contribution in [2.24, 2.45) is 17.3 Å². The Morgan fingerprint density at radius 2 is 2.37 bits per heavy atom. The van der Waals surface area contributed by atoms with Crippen molar-refractivity contribution >= 4 is 11.8 Å². The number of carbonyl (C=O) groups excluding carboxylic acids is 2. The highest BCUT2D eigenvalue weighted by atomic mass is 16.5. The van der Waals surface area contributed by atoms with Gasteiger partial charge in [-0.15, -0.1) is 0 Å². The summed E-state index contributed by atoms with van der Waals surface area (Å²) in [4.78, 5) is 24.8. The monoisotopic (exact) mass is 257 g/mol. The van der Waals surface area contributed by atoms with E-state index in [0.29, 0.717) is 5.57 Å². The van der Waals surface area contributed by atoms with E-state index in [9.17, 15) is 14.9 Å². The molecular weight excluding hydrogens is 242 g/mol. The first-order chi connectivity index (χ1) is 9.06. The Morgan fingerprint density at radius 1 is 1.63 bits per heavy atom. The van der Waals surface area contributed by atoms with E-state index in [1.165, 1.54) is 0 Å². The van der Waals surface area contributed by atoms with Gasteiger partial charge in [0, 0.05) is 0 Å². The summed E-state index contributed by atoms with van der Waals surface area (Å²) in [6.45, 7) is 5.78. The van der Waals surface area contributed by atoms with Gasteiger partial charge < -0.3 is 4.74 Å². The first-order valence-electron chi connectivity index (χ1n) is 6.21. The summed E-state index contributed by atoms with van der Waals surface area (Å²) in [5, 5.41) is 9.18. The number of hydrogen-bond acceptors (Lipinski definition) is 4. The van der Waals surface area contributed by atoms with Crippen LogP contribution in [0.3, 0.4) is 0 Å². The van der Waals surface area contributed by atoms with Gasteiger partial charge in [0.1, 0.15) is 5.41 Å². The van der Waals surface area contributed by atoms with Crippen LogP contribution in [0.15, 0.2) is 36.5 Å². The van der Waals surface area contributed by atoms with Crippen molar-refractivity contribution in [2.75, 3.05) is 6.61 Å². The molecule has 1 saturated carbocycles. The van der Waals surface area contributed by atoms with Crippen molar-refractivity contribution in [3.8, 4) is 6.07 Å². The molecule has 0 N–H and O–H groups in total. The summed E-state index contributed by atoms with van der Waals surface area (Å²) in [7, 11) is 0. The number of nitrogens with zero attached hydrogens (tertiary/aromatic N) is 1. The predicted octanol–water partition coefficient (Wildman–Crippen LogP) is 1.95. The van der Waals surface area contributed by atoms with Gasteiger partial charge in [-0.25, -0.2) is 0 Å². The van der Waals surface area contributed by atoms with E-state index in [-0.39, 0.29) is 18.8 Å². The smallest absolute Gasteiger partial charge is 0.323 e. The number of rotatable bonds is 2. The minimum absolute atomic E-state index is 0.150. The molecule has 4 heteroatoms. The molecule has 0 aromatic carbocycles. The predicted molar refractivity (Wildman–Crippen MR) is 68.7 cm³/mol. The third kappa shape index (κ3) is 1.91. The van der Waals surface area contributed by atoms with Gasteiger partial charge in [0.2, 0.25) is 0 Å². The number of esters is 1. The quantitative estimate of drug-likeness (QED) is 0.431. The van der Waals surface area contributed by atoms with E-state index in [1.807, 2.05) is 0 Å². The van der Waals surface area contributed by atoms with E-state index >= 15 is 0 Å². The molecule has 0 aromatic heterocycles. The number of carbonyl (C=O) groups is 2. The zero-order chi connectivity index (χ0) is 14.0. The molecule has 0 saturated heterocycles. The summed E-state index contributed by atoms with van der Waals surface area (Å²) in [5.74, 6) is -2.01. The van der Waals surface area contributed by atoms with Crippen LogP contribution in [-0.2, 0) is 14.3 Å². The first-order valence-corrected chi connectivity index (χ1v) is 6.21. The molecule has 0 radical (unpaired) electrons. The Labute approximate surface area is 112 Å². The second kappa shape index (κ2) is 4.85. The molecular formula is C15H15NO3. The van der Waals surface area contributed by atoms with Crippen molar-refractivity contribution in [3.05, 3.63) is 36.5 Å². The molecule has 2 rings (SSSR count). The molecule has 0 unspecified atom stereocenters. The van der Waals surface area contributed by atoms with E-state index in [1.54, 1.807) is 31.2 Å². The van der Waals surface area contributed by atoms with Crippen LogP contribution < -0.4 is 0 Å². The van der Waals surface area contributed by atoms with Gasteiger partial charge in [-0.2, -0.15) is 5.26 Å². The molecule has 2 aliphatic rings. The van der Waals surface area contributed by atoms with Gasteiger partial charge in [0.25, 0.3) is 0 Å². The number of ketones is 1. The lowest BCUT2D eigenvalue weighted by Crippen LogP contribution is -2.48. The van der Waals surface area contributed by atoms with Crippen molar-refractivity contribution in [2.45, 2.75) is 13.3 Å². The lowest BCUT2D eigenvalue weighted by atomic mass is 9.63. The third-order valence-corrected chi connectivity index (χ3v) is 3.64. The molecule has 3 atom stereocenters. The van der Waals surface area contributed by atoms with Crippen molar-refractivity contribution in [3.63, 3.8) is 0 Å². The lowest BCUT2D eigenvalue weighted by Gasteiger charge is -2.37. The average Bonchev–Trinajstić information content (AvgIpc) is 2.49. The van der Waals surface area contributed by atoms with Gasteiger partial charge in [0.05, 0.1) is 24.5 Å². The Kier molecular flexibility index (Phi) is 3.39. The van der Waals surface area contributed by atoms with Gasteiger partial charge >= 0.3 is 5.97 Å². The number of ether oxygens (including phenoxy) is 1. The first kappa shape index (κ1) is 13.3. The fourth-order valence-electron chi connectivity index (χ4n) is 2.67. The summed E-state index contributed by atoms with van der Waals surface area (Å²) in [5.41, 5.74) is -0.703. The summed E-state index contributed by atoms with van der Waals surface area (Å²) >= 11 is 0. The molecule has 2 bridgehead atoms. The van der Waals surface area contributed by atoms with E-state index in [2.05, 4.69) is 12.6 Å². The van der Waals surface area contributed by atoms with Crippen LogP contribution in [0.1, 0.15) is 13.3 Å². The molecule has 0 aliphatic heterocycles. The largest absolute Gasteiger partial charge is 0.465 e. The summed E-state index contributed by atoms with van der Waals surface area (Å²) < 4.78 is 5.04. The molecule has 0 heterocycles. The maximum atomic E-state index is 12.6. The minimum atomic E-state index is -1.31. The normalized spacial score (nSPS) is 32.6. The van der Waals surface area contributed by atoms with Crippen LogP contribution in [0.2, 0.25) is 0 Å². The van der Waals surface area contributed by atoms with Crippen LogP contribution in [0, 0.1) is 28.6 Å². The molecule has 19 heavy (non-hydrogen) atoms. The average molecular weight is 257 g/mol. The molecule has 0 aromatic rings. The molecule has 0 amide bonds. The third-order valence-electron chi connectivity index (χ3n) is 3.64. The molecule has 2 aliphatic carbocycles. The Hall–Kier alpha value is -2.15. The fraction of sp³-hybridized carbons (Fsp3) is 0.400. The number of Topliss-reactive ketones (excluding diaryl/α,β-unsaturated/α-hetero) is 1. The zero-order valence-corrected chi connectivity index (χ0v) is 10.8. The van der Waals surface area contributed by atoms with Crippen molar-refractivity contribution in [1.29, 1.82) is 5.26 Å². The van der Waals surface area contributed by atoms with Crippen molar-refractivity contribution in [1.82, 2.24) is 0 Å². The number of hydrogen-bond donors (Lipinski definition) is 0. The highest BCUT2D eigenvalue weighted by Crippen LogP contribution is 2.45. The topological polar surface area (TPSA) is 67.2 Å². The molecule has 4 nitrogen and oxygen atoms in total. The van der Waals surface area contributed by atoms with Crippen LogP contribution in [-0.4, -0.2) is 18.4 Å². The second-order valence-corrected chi connectivity index (χ2v) is 4.77. The van der Waals surface area contributed by atoms with Gasteiger partial charge in [-0.3, -0.25) is 9.59 Å². The van der Waals surface area contributed by atoms with Crippen LogP contribution in [0.5, 0.6) is 0 Å². The molecule has 0 spiro atoms. The summed E-state index contributed by atoms with van der Waals surface area (Å²) in [6.07, 6.45) is 6.76. The van der Waals surface area contributed by atoms with Crippen LogP contribution in [0.25, 0.3) is 0 Å². The lowest BCUT2D eigenvalue weighted by molar-refractivity contribution is -0.158. The Morgan fingerprint density at radius 3 is 3.00 bits per heavy atom. The fourth-order valence-corrected chi connectivity index (χ4v) is 2.67. The second-order valence-electron chi connectivity index (χ2n) is 4.77. The van der Waals surface area contributed by atoms with Gasteiger partial charge in [0.15, 0.2) is 5.78 Å². The maximum absolute atomic E-state index is 12.6. The van der Waals surface area contributed by atoms with E-state index < -0.39 is 23.2 Å². The standard InChI is InChI=1S/C15H15NO3/c1-3-19-14(18)15-7-5-4-6-11(13(15)17)12(9-16)10(2)8-15/h4-7,11-12H,2-3,8H2,1H3/t11-,12-,15-/m1/s1. The SMILES string of the molecule is C=C1C[C@]2(C(=O)OCC)C=CC=C[C@@H](C2=O)[C@@H]1C#N. The number of allylic oxidation sites excluding steroid dienone is 4. The van der Waals surface area contributed by atoms with Gasteiger partial charge in [-0.05, 0) is 13.3 Å². The van der Waals surface area contributed by atoms with Crippen LogP contribution >= 0.6 is 0 Å². The maximum Gasteiger partial charge on any atom is 0.323 e. The number of nitriles is 1. The number of fused-ring (bicyclic) bond motifs is 2. The Bertz CT molecular complexity index is 538. The van der Waals surface area contributed by atoms with E-state index in [0.717, 1.165) is 0 Å². The molecule has 1 fully saturated rings. The Balaban J connectivity index is 2.50.